The number of nitrogens with two attached hydrogens (primary N) is 1. The molecule has 2 atom stereocenters. The molecule has 23 heavy (non-hydrogen) atoms. The van der Waals surface area contributed by atoms with Crippen LogP contribution in [-0.4, -0.2) is 41.2 Å². The molecule has 1 fully saturated rings. The van der Waals surface area contributed by atoms with Crippen molar-refractivity contribution in [3.8, 4) is 0 Å². The van der Waals surface area contributed by atoms with Crippen LogP contribution in [0.4, 0.5) is 21.0 Å². The van der Waals surface area contributed by atoms with E-state index in [1.165, 1.54) is 17.5 Å². The molecule has 2 aromatic heterocycles. The van der Waals surface area contributed by atoms with Gasteiger partial charge >= 0.3 is 0 Å². The summed E-state index contributed by atoms with van der Waals surface area (Å²) >= 11 is 1.43. The molecule has 0 saturated carbocycles. The highest BCUT2D eigenvalue weighted by Gasteiger charge is 2.25. The number of rotatable bonds is 5. The zero-order chi connectivity index (χ0) is 16.2. The summed E-state index contributed by atoms with van der Waals surface area (Å²) in [5.41, 5.74) is 6.09. The minimum atomic E-state index is -1.03. The first-order valence-corrected chi connectivity index (χ1v) is 8.09. The van der Waals surface area contributed by atoms with Crippen LogP contribution in [0.3, 0.4) is 0 Å². The predicted octanol–water partition coefficient (Wildman–Crippen LogP) is 1.49. The van der Waals surface area contributed by atoms with E-state index in [-0.39, 0.29) is 11.6 Å². The fourth-order valence-electron chi connectivity index (χ4n) is 2.42. The van der Waals surface area contributed by atoms with Gasteiger partial charge in [0.2, 0.25) is 0 Å². The number of halogens is 1. The quantitative estimate of drug-likeness (QED) is 0.659. The molecule has 1 saturated heterocycles. The number of amides is 1. The van der Waals surface area contributed by atoms with Crippen LogP contribution in [-0.2, 0) is 0 Å². The highest BCUT2D eigenvalue weighted by Crippen LogP contribution is 2.24. The smallest absolute Gasteiger partial charge is 0.252 e. The van der Waals surface area contributed by atoms with Gasteiger partial charge in [0.1, 0.15) is 12.0 Å². The van der Waals surface area contributed by atoms with Gasteiger partial charge in [-0.15, -0.1) is 11.3 Å². The Morgan fingerprint density at radius 3 is 3.04 bits per heavy atom. The summed E-state index contributed by atoms with van der Waals surface area (Å²) in [5.74, 6) is -0.0954. The number of hydrogen-bond acceptors (Lipinski definition) is 7. The summed E-state index contributed by atoms with van der Waals surface area (Å²) in [6, 6.07) is 1.28. The number of carbonyl (C=O) groups is 1. The molecule has 1 amide bonds. The van der Waals surface area contributed by atoms with Crippen molar-refractivity contribution in [2.24, 2.45) is 5.73 Å². The summed E-state index contributed by atoms with van der Waals surface area (Å²) in [5, 5.41) is 11.6. The van der Waals surface area contributed by atoms with Crippen LogP contribution in [0.5, 0.6) is 0 Å². The van der Waals surface area contributed by atoms with Gasteiger partial charge in [0.15, 0.2) is 5.13 Å². The van der Waals surface area contributed by atoms with Crippen molar-refractivity contribution >= 4 is 33.9 Å². The summed E-state index contributed by atoms with van der Waals surface area (Å²) in [7, 11) is 0. The molecule has 1 aliphatic heterocycles. The minimum Gasteiger partial charge on any atom is -0.378 e. The lowest BCUT2D eigenvalue weighted by Gasteiger charge is -2.29. The fraction of sp³-hybridized carbons (Fsp3) is 0.357. The number of primary amides is 1. The van der Waals surface area contributed by atoms with Gasteiger partial charge in [-0.05, 0) is 13.0 Å². The van der Waals surface area contributed by atoms with Crippen LogP contribution >= 0.6 is 11.3 Å². The lowest BCUT2D eigenvalue weighted by atomic mass is 10.0. The van der Waals surface area contributed by atoms with E-state index in [9.17, 15) is 9.18 Å². The molecule has 9 heteroatoms. The Bertz CT molecular complexity index is 680. The number of aromatic nitrogens is 2. The Labute approximate surface area is 136 Å². The summed E-state index contributed by atoms with van der Waals surface area (Å²) in [6.45, 7) is 1.01. The zero-order valence-electron chi connectivity index (χ0n) is 12.3. The van der Waals surface area contributed by atoms with Gasteiger partial charge in [-0.2, -0.15) is 0 Å². The maximum absolute atomic E-state index is 14.0. The van der Waals surface area contributed by atoms with Gasteiger partial charge in [-0.25, -0.2) is 14.4 Å². The van der Waals surface area contributed by atoms with E-state index >= 15 is 0 Å². The second-order valence-corrected chi connectivity index (χ2v) is 6.10. The number of hydrogen-bond donors (Lipinski definition) is 4. The second-order valence-electron chi connectivity index (χ2n) is 5.20. The number of nitrogens with one attached hydrogen (secondary N) is 3. The molecule has 7 nitrogen and oxygen atoms in total. The molecule has 0 aliphatic carbocycles. The topological polar surface area (TPSA) is 105 Å². The van der Waals surface area contributed by atoms with Crippen molar-refractivity contribution < 1.29 is 9.18 Å². The lowest BCUT2D eigenvalue weighted by molar-refractivity contribution is 0.100. The number of nitrogens with zero attached hydrogens (tertiary/aromatic N) is 2. The SMILES string of the molecule is NC(=O)c1cnc(Nc2nccs2)cc1N[C@@H]1CCNC[C@@H]1F. The number of anilines is 3. The van der Waals surface area contributed by atoms with Crippen LogP contribution < -0.4 is 21.7 Å². The maximum atomic E-state index is 14.0. The first-order valence-electron chi connectivity index (χ1n) is 7.21. The van der Waals surface area contributed by atoms with E-state index in [4.69, 9.17) is 5.73 Å². The standard InChI is InChI=1S/C14H17FN6OS/c15-9-7-17-2-1-10(9)20-11-5-12(19-6-8(11)13(16)22)21-14-18-3-4-23-14/h3-6,9-10,17H,1-2,7H2,(H2,16,22)(H2,18,19,20,21)/t9-,10+/m0/s1. The van der Waals surface area contributed by atoms with Gasteiger partial charge in [0.05, 0.1) is 17.3 Å². The number of alkyl halides is 1. The Hall–Kier alpha value is -2.26. The summed E-state index contributed by atoms with van der Waals surface area (Å²) in [6.07, 6.45) is 2.64. The maximum Gasteiger partial charge on any atom is 0.252 e. The van der Waals surface area contributed by atoms with Gasteiger partial charge < -0.3 is 21.7 Å². The molecule has 0 unspecified atom stereocenters. The average molecular weight is 336 g/mol. The molecular formula is C14H17FN6OS. The molecule has 5 N–H and O–H groups in total. The fourth-order valence-corrected chi connectivity index (χ4v) is 2.95. The van der Waals surface area contributed by atoms with Crippen molar-refractivity contribution in [1.82, 2.24) is 15.3 Å². The lowest BCUT2D eigenvalue weighted by Crippen LogP contribution is -2.45. The molecule has 122 valence electrons. The van der Waals surface area contributed by atoms with Crippen molar-refractivity contribution in [1.29, 1.82) is 0 Å². The van der Waals surface area contributed by atoms with E-state index < -0.39 is 12.1 Å². The molecule has 0 spiro atoms. The summed E-state index contributed by atoms with van der Waals surface area (Å²) in [4.78, 5) is 19.8. The van der Waals surface area contributed by atoms with Crippen LogP contribution in [0.2, 0.25) is 0 Å². The van der Waals surface area contributed by atoms with Crippen LogP contribution in [0, 0.1) is 0 Å². The van der Waals surface area contributed by atoms with Crippen LogP contribution in [0.25, 0.3) is 0 Å². The third-order valence-electron chi connectivity index (χ3n) is 3.59. The molecule has 0 bridgehead atoms. The molecule has 2 aromatic rings. The first kappa shape index (κ1) is 15.6. The Morgan fingerprint density at radius 2 is 2.35 bits per heavy atom. The highest BCUT2D eigenvalue weighted by molar-refractivity contribution is 7.13. The van der Waals surface area contributed by atoms with E-state index in [1.807, 2.05) is 5.38 Å². The van der Waals surface area contributed by atoms with Gasteiger partial charge in [0.25, 0.3) is 5.91 Å². The van der Waals surface area contributed by atoms with E-state index in [0.29, 0.717) is 29.6 Å². The molecule has 3 rings (SSSR count). The second kappa shape index (κ2) is 6.88. The highest BCUT2D eigenvalue weighted by atomic mass is 32.1. The monoisotopic (exact) mass is 336 g/mol. The Morgan fingerprint density at radius 1 is 1.48 bits per heavy atom. The van der Waals surface area contributed by atoms with Crippen LogP contribution in [0.1, 0.15) is 16.8 Å². The van der Waals surface area contributed by atoms with Crippen molar-refractivity contribution in [2.45, 2.75) is 18.6 Å². The molecule has 0 aromatic carbocycles. The number of pyridine rings is 1. The van der Waals surface area contributed by atoms with Crippen LogP contribution in [0.15, 0.2) is 23.8 Å². The predicted molar refractivity (Wildman–Crippen MR) is 87.9 cm³/mol. The zero-order valence-corrected chi connectivity index (χ0v) is 13.1. The van der Waals surface area contributed by atoms with Crippen molar-refractivity contribution in [3.63, 3.8) is 0 Å². The third kappa shape index (κ3) is 3.74. The molecular weight excluding hydrogens is 319 g/mol. The minimum absolute atomic E-state index is 0.237. The van der Waals surface area contributed by atoms with Gasteiger partial charge in [0, 0.05) is 30.4 Å². The first-order chi connectivity index (χ1) is 11.1. The van der Waals surface area contributed by atoms with E-state index in [1.54, 1.807) is 12.3 Å². The number of thiazole rings is 1. The average Bonchev–Trinajstić information content (AvgIpc) is 3.02. The third-order valence-corrected chi connectivity index (χ3v) is 4.27. The number of piperidine rings is 1. The van der Waals surface area contributed by atoms with Gasteiger partial charge in [-0.1, -0.05) is 0 Å². The Balaban J connectivity index is 1.84. The number of carbonyl (C=O) groups excluding carboxylic acids is 1. The van der Waals surface area contributed by atoms with Crippen molar-refractivity contribution in [3.05, 3.63) is 29.4 Å². The molecule has 0 radical (unpaired) electrons. The van der Waals surface area contributed by atoms with Crippen molar-refractivity contribution in [2.75, 3.05) is 23.7 Å². The molecule has 1 aliphatic rings. The van der Waals surface area contributed by atoms with E-state index in [2.05, 4.69) is 25.9 Å². The normalized spacial score (nSPS) is 20.9. The van der Waals surface area contributed by atoms with E-state index in [0.717, 1.165) is 6.54 Å². The van der Waals surface area contributed by atoms with Gasteiger partial charge in [-0.3, -0.25) is 4.79 Å². The largest absolute Gasteiger partial charge is 0.378 e. The summed E-state index contributed by atoms with van der Waals surface area (Å²) < 4.78 is 14.0. The molecule has 3 heterocycles. The Kier molecular flexibility index (Phi) is 4.68.